The van der Waals surface area contributed by atoms with Gasteiger partial charge in [-0.25, -0.2) is 0 Å². The molecule has 0 N–H and O–H groups in total. The summed E-state index contributed by atoms with van der Waals surface area (Å²) in [6.07, 6.45) is 6.03. The standard InChI is InChI=1S/C20H26O4/c1-8-12-6-13-15(18(21)23-16(8)13)11(12)4-3-10-9-5-14-17(10)24-19(22)20(14,2)7-9/h8-17H,3-7H2,1-2H3/t8-,9?,10?,11+,12+,13?,14?,15?,16?,17?,20-/m1/s1. The fourth-order valence-corrected chi connectivity index (χ4v) is 8.15. The molecule has 2 heterocycles. The number of esters is 2. The van der Waals surface area contributed by atoms with Crippen LogP contribution in [0.1, 0.15) is 46.0 Å². The first kappa shape index (κ1) is 14.1. The van der Waals surface area contributed by atoms with Gasteiger partial charge in [-0.05, 0) is 68.6 Å². The van der Waals surface area contributed by atoms with Crippen LogP contribution < -0.4 is 0 Å². The molecule has 0 aromatic heterocycles. The molecule has 4 nitrogen and oxygen atoms in total. The van der Waals surface area contributed by atoms with Gasteiger partial charge in [0.15, 0.2) is 0 Å². The zero-order valence-electron chi connectivity index (χ0n) is 14.4. The Morgan fingerprint density at radius 1 is 1.04 bits per heavy atom. The normalized spacial score (nSPS) is 61.8. The Balaban J connectivity index is 1.20. The van der Waals surface area contributed by atoms with Crippen molar-refractivity contribution in [2.45, 2.75) is 58.2 Å². The quantitative estimate of drug-likeness (QED) is 0.747. The largest absolute Gasteiger partial charge is 0.462 e. The highest BCUT2D eigenvalue weighted by Crippen LogP contribution is 2.66. The molecule has 6 aliphatic rings. The topological polar surface area (TPSA) is 52.6 Å². The zero-order valence-corrected chi connectivity index (χ0v) is 14.4. The predicted octanol–water partition coefficient (Wildman–Crippen LogP) is 2.80. The van der Waals surface area contributed by atoms with Crippen molar-refractivity contribution in [3.63, 3.8) is 0 Å². The number of ether oxygens (including phenoxy) is 2. The fraction of sp³-hybridized carbons (Fsp3) is 0.900. The molecule has 0 aromatic rings. The van der Waals surface area contributed by atoms with Crippen LogP contribution >= 0.6 is 0 Å². The molecule has 4 bridgehead atoms. The second kappa shape index (κ2) is 4.19. The zero-order chi connectivity index (χ0) is 16.4. The predicted molar refractivity (Wildman–Crippen MR) is 84.5 cm³/mol. The van der Waals surface area contributed by atoms with Crippen LogP contribution in [0.15, 0.2) is 0 Å². The summed E-state index contributed by atoms with van der Waals surface area (Å²) in [5.41, 5.74) is -0.185. The van der Waals surface area contributed by atoms with Gasteiger partial charge in [0.25, 0.3) is 0 Å². The van der Waals surface area contributed by atoms with Gasteiger partial charge in [0, 0.05) is 11.8 Å². The van der Waals surface area contributed by atoms with Crippen molar-refractivity contribution >= 4 is 11.9 Å². The Bertz CT molecular complexity index is 644. The monoisotopic (exact) mass is 330 g/mol. The summed E-state index contributed by atoms with van der Waals surface area (Å²) >= 11 is 0. The summed E-state index contributed by atoms with van der Waals surface area (Å²) in [6.45, 7) is 4.39. The molecule has 11 atom stereocenters. The van der Waals surface area contributed by atoms with E-state index in [1.165, 1.54) is 12.8 Å². The Hall–Kier alpha value is -1.06. The van der Waals surface area contributed by atoms with Crippen LogP contribution in [0.5, 0.6) is 0 Å². The van der Waals surface area contributed by atoms with Crippen LogP contribution in [-0.4, -0.2) is 24.1 Å². The van der Waals surface area contributed by atoms with Crippen LogP contribution in [-0.2, 0) is 19.1 Å². The minimum absolute atomic E-state index is 0.0539. The SMILES string of the molecule is C[C@H]1C2OC(=O)C3C2C[C@@H]1[C@@H]3CCC1C2CC3C1OC(=O)[C@]3(C)C2. The van der Waals surface area contributed by atoms with Crippen LogP contribution in [0.2, 0.25) is 0 Å². The Kier molecular flexibility index (Phi) is 2.47. The van der Waals surface area contributed by atoms with E-state index in [-0.39, 0.29) is 35.5 Å². The summed E-state index contributed by atoms with van der Waals surface area (Å²) in [4.78, 5) is 24.5. The summed E-state index contributed by atoms with van der Waals surface area (Å²) in [6, 6.07) is 0. The first-order valence-electron chi connectivity index (χ1n) is 9.90. The van der Waals surface area contributed by atoms with E-state index in [2.05, 4.69) is 13.8 Å². The molecule has 2 aliphatic heterocycles. The van der Waals surface area contributed by atoms with Crippen molar-refractivity contribution in [3.05, 3.63) is 0 Å². The Morgan fingerprint density at radius 3 is 2.67 bits per heavy atom. The average molecular weight is 330 g/mol. The molecule has 0 aromatic carbocycles. The van der Waals surface area contributed by atoms with Gasteiger partial charge >= 0.3 is 11.9 Å². The van der Waals surface area contributed by atoms with Gasteiger partial charge in [0.2, 0.25) is 0 Å². The van der Waals surface area contributed by atoms with Crippen molar-refractivity contribution in [1.29, 1.82) is 0 Å². The molecule has 4 aliphatic carbocycles. The van der Waals surface area contributed by atoms with Gasteiger partial charge < -0.3 is 9.47 Å². The smallest absolute Gasteiger partial charge is 0.312 e. The lowest BCUT2D eigenvalue weighted by Crippen LogP contribution is -2.35. The van der Waals surface area contributed by atoms with E-state index in [0.717, 1.165) is 19.3 Å². The van der Waals surface area contributed by atoms with Gasteiger partial charge in [-0.15, -0.1) is 0 Å². The molecule has 2 saturated heterocycles. The highest BCUT2D eigenvalue weighted by Gasteiger charge is 2.68. The number of hydrogen-bond acceptors (Lipinski definition) is 4. The van der Waals surface area contributed by atoms with Gasteiger partial charge in [-0.1, -0.05) is 6.92 Å². The maximum atomic E-state index is 12.3. The molecule has 0 spiro atoms. The van der Waals surface area contributed by atoms with Gasteiger partial charge in [0.1, 0.15) is 12.2 Å². The van der Waals surface area contributed by atoms with E-state index in [1.807, 2.05) is 0 Å². The Labute approximate surface area is 142 Å². The van der Waals surface area contributed by atoms with Crippen LogP contribution in [0.25, 0.3) is 0 Å². The maximum absolute atomic E-state index is 12.3. The third kappa shape index (κ3) is 1.41. The van der Waals surface area contributed by atoms with E-state index in [9.17, 15) is 9.59 Å². The molecule has 24 heavy (non-hydrogen) atoms. The van der Waals surface area contributed by atoms with Crippen LogP contribution in [0.4, 0.5) is 0 Å². The summed E-state index contributed by atoms with van der Waals surface area (Å²) < 4.78 is 11.5. The first-order valence-corrected chi connectivity index (χ1v) is 9.90. The minimum atomic E-state index is -0.185. The number of rotatable bonds is 3. The van der Waals surface area contributed by atoms with Crippen molar-refractivity contribution in [1.82, 2.24) is 0 Å². The molecular formula is C20H26O4. The van der Waals surface area contributed by atoms with Gasteiger partial charge in [-0.3, -0.25) is 9.59 Å². The van der Waals surface area contributed by atoms with E-state index >= 15 is 0 Å². The fourth-order valence-electron chi connectivity index (χ4n) is 8.15. The summed E-state index contributed by atoms with van der Waals surface area (Å²) in [5.74, 6) is 4.18. The van der Waals surface area contributed by atoms with E-state index < -0.39 is 0 Å². The van der Waals surface area contributed by atoms with Crippen LogP contribution in [0, 0.1) is 52.8 Å². The molecule has 7 unspecified atom stereocenters. The third-order valence-electron chi connectivity index (χ3n) is 9.18. The lowest BCUT2D eigenvalue weighted by molar-refractivity contribution is -0.148. The minimum Gasteiger partial charge on any atom is -0.462 e. The highest BCUT2D eigenvalue weighted by molar-refractivity contribution is 5.80. The molecule has 0 radical (unpaired) electrons. The molecule has 4 heteroatoms. The lowest BCUT2D eigenvalue weighted by Gasteiger charge is -2.33. The molecule has 4 saturated carbocycles. The first-order chi connectivity index (χ1) is 11.5. The lowest BCUT2D eigenvalue weighted by atomic mass is 9.68. The van der Waals surface area contributed by atoms with Gasteiger partial charge in [0.05, 0.1) is 11.3 Å². The van der Waals surface area contributed by atoms with Crippen molar-refractivity contribution in [2.24, 2.45) is 52.8 Å². The average Bonchev–Trinajstić information content (AvgIpc) is 3.29. The molecule has 6 fully saturated rings. The molecule has 0 amide bonds. The van der Waals surface area contributed by atoms with Crippen LogP contribution in [0.3, 0.4) is 0 Å². The number of fused-ring (bicyclic) bond motifs is 2. The molecule has 130 valence electrons. The number of carbonyl (C=O) groups excluding carboxylic acids is 2. The Morgan fingerprint density at radius 2 is 1.83 bits per heavy atom. The highest BCUT2D eigenvalue weighted by atomic mass is 16.6. The second-order valence-electron chi connectivity index (χ2n) is 9.85. The molecular weight excluding hydrogens is 304 g/mol. The summed E-state index contributed by atoms with van der Waals surface area (Å²) in [7, 11) is 0. The number of hydrogen-bond donors (Lipinski definition) is 0. The maximum Gasteiger partial charge on any atom is 0.312 e. The van der Waals surface area contributed by atoms with Crippen molar-refractivity contribution < 1.29 is 19.1 Å². The summed E-state index contributed by atoms with van der Waals surface area (Å²) in [5, 5.41) is 0. The second-order valence-corrected chi connectivity index (χ2v) is 9.85. The van der Waals surface area contributed by atoms with E-state index in [1.54, 1.807) is 0 Å². The number of carbonyl (C=O) groups is 2. The van der Waals surface area contributed by atoms with E-state index in [4.69, 9.17) is 9.47 Å². The molecule has 6 rings (SSSR count). The van der Waals surface area contributed by atoms with Crippen molar-refractivity contribution in [3.8, 4) is 0 Å². The van der Waals surface area contributed by atoms with Crippen molar-refractivity contribution in [2.75, 3.05) is 0 Å². The van der Waals surface area contributed by atoms with Gasteiger partial charge in [-0.2, -0.15) is 0 Å². The third-order valence-corrected chi connectivity index (χ3v) is 9.18. The van der Waals surface area contributed by atoms with E-state index in [0.29, 0.717) is 41.4 Å².